The summed E-state index contributed by atoms with van der Waals surface area (Å²) in [4.78, 5) is 47.1. The van der Waals surface area contributed by atoms with Gasteiger partial charge in [-0.15, -0.1) is 0 Å². The van der Waals surface area contributed by atoms with Gasteiger partial charge in [-0.3, -0.25) is 19.2 Å². The maximum absolute atomic E-state index is 12.3. The van der Waals surface area contributed by atoms with Crippen molar-refractivity contribution in [3.63, 3.8) is 0 Å². The lowest BCUT2D eigenvalue weighted by Crippen LogP contribution is -2.60. The number of aliphatic hydroxyl groups excluding tert-OH is 2. The second-order valence-electron chi connectivity index (χ2n) is 6.78. The third-order valence-corrected chi connectivity index (χ3v) is 3.67. The molecular formula is C16H30N4O7. The van der Waals surface area contributed by atoms with Crippen molar-refractivity contribution in [1.29, 1.82) is 0 Å². The summed E-state index contributed by atoms with van der Waals surface area (Å²) < 4.78 is 0. The van der Waals surface area contributed by atoms with Crippen molar-refractivity contribution in [1.82, 2.24) is 16.0 Å². The highest BCUT2D eigenvalue weighted by molar-refractivity contribution is 5.94. The number of amides is 3. The van der Waals surface area contributed by atoms with Gasteiger partial charge in [-0.2, -0.15) is 0 Å². The average Bonchev–Trinajstić information content (AvgIpc) is 2.55. The number of rotatable bonds is 11. The summed E-state index contributed by atoms with van der Waals surface area (Å²) in [6.45, 7) is 5.41. The molecule has 0 aliphatic carbocycles. The molecule has 0 saturated carbocycles. The molecule has 5 unspecified atom stereocenters. The highest BCUT2D eigenvalue weighted by atomic mass is 16.4. The maximum atomic E-state index is 12.3. The second kappa shape index (κ2) is 11.5. The Morgan fingerprint density at radius 1 is 0.926 bits per heavy atom. The third-order valence-electron chi connectivity index (χ3n) is 3.67. The lowest BCUT2D eigenvalue weighted by molar-refractivity contribution is -0.142. The van der Waals surface area contributed by atoms with Crippen LogP contribution in [0.3, 0.4) is 0 Å². The van der Waals surface area contributed by atoms with E-state index in [0.717, 1.165) is 0 Å². The van der Waals surface area contributed by atoms with Crippen molar-refractivity contribution in [2.45, 2.75) is 64.4 Å². The molecule has 5 atom stereocenters. The van der Waals surface area contributed by atoms with Crippen LogP contribution in [-0.2, 0) is 19.2 Å². The van der Waals surface area contributed by atoms with Gasteiger partial charge in [-0.25, -0.2) is 0 Å². The molecule has 0 saturated heterocycles. The maximum Gasteiger partial charge on any atom is 0.325 e. The second-order valence-corrected chi connectivity index (χ2v) is 6.78. The molecule has 11 nitrogen and oxygen atoms in total. The van der Waals surface area contributed by atoms with Gasteiger partial charge in [0, 0.05) is 0 Å². The molecule has 0 aromatic rings. The van der Waals surface area contributed by atoms with Crippen LogP contribution in [0.2, 0.25) is 0 Å². The SMILES string of the molecule is CC(C)CC(N)C(=O)NC(C(=O)NC(CO)C(=O)NC(C)C(=O)O)C(C)O. The Kier molecular flexibility index (Phi) is 10.5. The Bertz CT molecular complexity index is 539. The fraction of sp³-hybridized carbons (Fsp3) is 0.750. The average molecular weight is 390 g/mol. The van der Waals surface area contributed by atoms with Crippen molar-refractivity contribution < 1.29 is 34.5 Å². The van der Waals surface area contributed by atoms with Gasteiger partial charge in [-0.1, -0.05) is 13.8 Å². The van der Waals surface area contributed by atoms with E-state index < -0.39 is 60.6 Å². The van der Waals surface area contributed by atoms with Gasteiger partial charge < -0.3 is 37.0 Å². The first-order valence-electron chi connectivity index (χ1n) is 8.59. The van der Waals surface area contributed by atoms with E-state index in [1.807, 2.05) is 13.8 Å². The summed E-state index contributed by atoms with van der Waals surface area (Å²) in [6.07, 6.45) is -0.935. The normalized spacial score (nSPS) is 16.6. The van der Waals surface area contributed by atoms with Gasteiger partial charge in [-0.05, 0) is 26.2 Å². The minimum Gasteiger partial charge on any atom is -0.480 e. The Labute approximate surface area is 157 Å². The van der Waals surface area contributed by atoms with Crippen LogP contribution in [0.4, 0.5) is 0 Å². The molecule has 0 radical (unpaired) electrons. The summed E-state index contributed by atoms with van der Waals surface area (Å²) in [5.41, 5.74) is 5.74. The zero-order valence-corrected chi connectivity index (χ0v) is 15.9. The molecule has 156 valence electrons. The summed E-state index contributed by atoms with van der Waals surface area (Å²) in [5, 5.41) is 34.4. The van der Waals surface area contributed by atoms with Gasteiger partial charge in [0.15, 0.2) is 0 Å². The third kappa shape index (κ3) is 8.80. The topological polar surface area (TPSA) is 191 Å². The van der Waals surface area contributed by atoms with Crippen LogP contribution in [0.5, 0.6) is 0 Å². The van der Waals surface area contributed by atoms with Crippen LogP contribution in [-0.4, -0.2) is 75.9 Å². The van der Waals surface area contributed by atoms with Crippen molar-refractivity contribution in [3.05, 3.63) is 0 Å². The van der Waals surface area contributed by atoms with Crippen molar-refractivity contribution >= 4 is 23.7 Å². The van der Waals surface area contributed by atoms with E-state index in [1.165, 1.54) is 13.8 Å². The van der Waals surface area contributed by atoms with E-state index in [2.05, 4.69) is 16.0 Å². The predicted octanol–water partition coefficient (Wildman–Crippen LogP) is -2.71. The smallest absolute Gasteiger partial charge is 0.325 e. The lowest BCUT2D eigenvalue weighted by Gasteiger charge is -2.25. The Hall–Kier alpha value is -2.24. The summed E-state index contributed by atoms with van der Waals surface area (Å²) >= 11 is 0. The minimum atomic E-state index is -1.46. The summed E-state index contributed by atoms with van der Waals surface area (Å²) in [6, 6.07) is -4.98. The number of nitrogens with one attached hydrogen (secondary N) is 3. The van der Waals surface area contributed by atoms with Crippen LogP contribution in [0.25, 0.3) is 0 Å². The van der Waals surface area contributed by atoms with E-state index >= 15 is 0 Å². The summed E-state index contributed by atoms with van der Waals surface area (Å²) in [7, 11) is 0. The fourth-order valence-corrected chi connectivity index (χ4v) is 2.11. The van der Waals surface area contributed by atoms with Gasteiger partial charge in [0.2, 0.25) is 17.7 Å². The quantitative estimate of drug-likeness (QED) is 0.198. The molecule has 11 heteroatoms. The predicted molar refractivity (Wildman–Crippen MR) is 95.3 cm³/mol. The molecular weight excluding hydrogens is 360 g/mol. The molecule has 0 bridgehead atoms. The molecule has 0 aromatic heterocycles. The molecule has 0 aromatic carbocycles. The number of carboxylic acids is 1. The number of aliphatic hydroxyl groups is 2. The summed E-state index contributed by atoms with van der Waals surface area (Å²) in [5.74, 6) is -3.64. The number of carboxylic acid groups (broad SMARTS) is 1. The van der Waals surface area contributed by atoms with E-state index in [0.29, 0.717) is 6.42 Å². The molecule has 0 rings (SSSR count). The van der Waals surface area contributed by atoms with Crippen molar-refractivity contribution in [2.24, 2.45) is 11.7 Å². The molecule has 0 aliphatic heterocycles. The van der Waals surface area contributed by atoms with E-state index in [-0.39, 0.29) is 5.92 Å². The largest absolute Gasteiger partial charge is 0.480 e. The highest BCUT2D eigenvalue weighted by Gasteiger charge is 2.31. The van der Waals surface area contributed by atoms with Gasteiger partial charge in [0.1, 0.15) is 18.1 Å². The zero-order chi connectivity index (χ0) is 21.3. The first-order valence-corrected chi connectivity index (χ1v) is 8.59. The first kappa shape index (κ1) is 24.8. The molecule has 0 spiro atoms. The Balaban J connectivity index is 5.01. The number of carbonyl (C=O) groups is 4. The molecule has 27 heavy (non-hydrogen) atoms. The van der Waals surface area contributed by atoms with Crippen LogP contribution < -0.4 is 21.7 Å². The monoisotopic (exact) mass is 390 g/mol. The lowest BCUT2D eigenvalue weighted by atomic mass is 10.0. The number of hydrogen-bond donors (Lipinski definition) is 7. The number of nitrogens with two attached hydrogens (primary N) is 1. The molecule has 8 N–H and O–H groups in total. The zero-order valence-electron chi connectivity index (χ0n) is 15.9. The van der Waals surface area contributed by atoms with E-state index in [1.54, 1.807) is 0 Å². The number of hydrogen-bond acceptors (Lipinski definition) is 7. The van der Waals surface area contributed by atoms with Crippen LogP contribution >= 0.6 is 0 Å². The van der Waals surface area contributed by atoms with Crippen molar-refractivity contribution in [3.8, 4) is 0 Å². The Morgan fingerprint density at radius 2 is 1.48 bits per heavy atom. The Morgan fingerprint density at radius 3 is 1.89 bits per heavy atom. The van der Waals surface area contributed by atoms with E-state index in [9.17, 15) is 29.4 Å². The minimum absolute atomic E-state index is 0.142. The van der Waals surface area contributed by atoms with Gasteiger partial charge >= 0.3 is 5.97 Å². The number of aliphatic carboxylic acids is 1. The van der Waals surface area contributed by atoms with E-state index in [4.69, 9.17) is 10.8 Å². The number of carbonyl (C=O) groups excluding carboxylic acids is 3. The first-order chi connectivity index (χ1) is 12.4. The van der Waals surface area contributed by atoms with Gasteiger partial charge in [0.25, 0.3) is 0 Å². The highest BCUT2D eigenvalue weighted by Crippen LogP contribution is 2.04. The van der Waals surface area contributed by atoms with Crippen LogP contribution in [0.1, 0.15) is 34.1 Å². The van der Waals surface area contributed by atoms with Crippen LogP contribution in [0, 0.1) is 5.92 Å². The van der Waals surface area contributed by atoms with Gasteiger partial charge in [0.05, 0.1) is 18.8 Å². The molecule has 0 heterocycles. The molecule has 0 fully saturated rings. The standard InChI is InChI=1S/C16H30N4O7/c1-7(2)5-10(17)13(23)20-12(9(4)22)15(25)19-11(6-21)14(24)18-8(3)16(26)27/h7-12,21-22H,5-6,17H2,1-4H3,(H,18,24)(H,19,25)(H,20,23)(H,26,27). The molecule has 3 amide bonds. The fourth-order valence-electron chi connectivity index (χ4n) is 2.11. The molecule has 0 aliphatic rings. The van der Waals surface area contributed by atoms with Crippen LogP contribution in [0.15, 0.2) is 0 Å². The van der Waals surface area contributed by atoms with Crippen molar-refractivity contribution in [2.75, 3.05) is 6.61 Å².